The fourth-order valence-corrected chi connectivity index (χ4v) is 5.83. The van der Waals surface area contributed by atoms with Crippen LogP contribution >= 0.6 is 11.3 Å². The predicted octanol–water partition coefficient (Wildman–Crippen LogP) is 3.40. The molecule has 0 amide bonds. The molecule has 34 heavy (non-hydrogen) atoms. The van der Waals surface area contributed by atoms with Crippen molar-refractivity contribution in [2.75, 3.05) is 54.1 Å². The first-order valence-electron chi connectivity index (χ1n) is 11.3. The zero-order chi connectivity index (χ0) is 25.0. The van der Waals surface area contributed by atoms with Crippen molar-refractivity contribution in [2.45, 2.75) is 39.8 Å². The van der Waals surface area contributed by atoms with E-state index in [1.54, 1.807) is 30.6 Å². The van der Waals surface area contributed by atoms with Crippen LogP contribution < -0.4 is 29.1 Å². The van der Waals surface area contributed by atoms with E-state index in [0.717, 1.165) is 43.1 Å². The highest BCUT2D eigenvalue weighted by molar-refractivity contribution is 7.92. The van der Waals surface area contributed by atoms with E-state index in [1.165, 1.54) is 0 Å². The Labute approximate surface area is 206 Å². The number of methoxy groups -OCH3 is 1. The Morgan fingerprint density at radius 3 is 2.38 bits per heavy atom. The maximum Gasteiger partial charge on any atom is 0.410 e. The Bertz CT molecular complexity index is 1120. The molecule has 2 N–H and O–H groups in total. The van der Waals surface area contributed by atoms with Gasteiger partial charge in [-0.15, -0.1) is 0 Å². The highest BCUT2D eigenvalue weighted by atomic mass is 32.2. The van der Waals surface area contributed by atoms with Gasteiger partial charge in [-0.3, -0.25) is 4.72 Å². The van der Waals surface area contributed by atoms with E-state index in [-0.39, 0.29) is 0 Å². The molecule has 0 atom stereocenters. The Balaban J connectivity index is 2.01. The van der Waals surface area contributed by atoms with Gasteiger partial charge in [-0.05, 0) is 50.2 Å². The quantitative estimate of drug-likeness (QED) is 0.396. The molecule has 1 aliphatic heterocycles. The van der Waals surface area contributed by atoms with Gasteiger partial charge in [0.1, 0.15) is 22.6 Å². The highest BCUT2D eigenvalue weighted by Crippen LogP contribution is 2.40. The van der Waals surface area contributed by atoms with Gasteiger partial charge in [-0.2, -0.15) is 0 Å². The fourth-order valence-electron chi connectivity index (χ4n) is 4.06. The number of anilines is 3. The number of rotatable bonds is 9. The second-order valence-corrected chi connectivity index (χ2v) is 11.6. The number of aromatic nitrogens is 1. The molecule has 1 aromatic carbocycles. The molecule has 10 nitrogen and oxygen atoms in total. The third-order valence-corrected chi connectivity index (χ3v) is 7.13. The van der Waals surface area contributed by atoms with Crippen LogP contribution in [0.2, 0.25) is 0 Å². The Hall–Kier alpha value is -2.44. The molecule has 1 aromatic heterocycles. The maximum atomic E-state index is 12.1. The Kier molecular flexibility index (Phi) is 8.37. The molecule has 188 valence electrons. The van der Waals surface area contributed by atoms with E-state index in [0.29, 0.717) is 34.3 Å². The van der Waals surface area contributed by atoms with Crippen molar-refractivity contribution in [1.82, 2.24) is 5.32 Å². The smallest absolute Gasteiger partial charge is 0.410 e. The molecule has 2 aromatic rings. The maximum absolute atomic E-state index is 12.1. The van der Waals surface area contributed by atoms with Gasteiger partial charge < -0.3 is 19.9 Å². The van der Waals surface area contributed by atoms with Crippen molar-refractivity contribution in [2.24, 2.45) is 17.3 Å². The van der Waals surface area contributed by atoms with Crippen molar-refractivity contribution >= 4 is 48.6 Å². The summed E-state index contributed by atoms with van der Waals surface area (Å²) < 4.78 is 34.3. The summed E-state index contributed by atoms with van der Waals surface area (Å²) in [5.74, 6) is 0.622. The van der Waals surface area contributed by atoms with E-state index >= 15 is 0 Å². The monoisotopic (exact) mass is 510 g/mol. The summed E-state index contributed by atoms with van der Waals surface area (Å²) in [7, 11) is 0.0116. The summed E-state index contributed by atoms with van der Waals surface area (Å²) in [5.41, 5.74) is 1.58. The number of ether oxygens (including phenoxy) is 1. The number of azo groups is 1. The van der Waals surface area contributed by atoms with Gasteiger partial charge in [0, 0.05) is 44.3 Å². The number of piperazine rings is 1. The molecule has 0 radical (unpaired) electrons. The average Bonchev–Trinajstić information content (AvgIpc) is 3.11. The van der Waals surface area contributed by atoms with Crippen LogP contribution in [0, 0.1) is 0 Å². The largest absolute Gasteiger partial charge is 0.494 e. The molecule has 3 rings (SSSR count). The molecular formula is C22H36N7O3S2+. The summed E-state index contributed by atoms with van der Waals surface area (Å²) in [6, 6.07) is 4.20. The first-order chi connectivity index (χ1) is 16.0. The minimum Gasteiger partial charge on any atom is -0.494 e. The zero-order valence-corrected chi connectivity index (χ0v) is 22.6. The molecule has 0 bridgehead atoms. The van der Waals surface area contributed by atoms with E-state index in [4.69, 9.17) is 4.74 Å². The Morgan fingerprint density at radius 1 is 1.18 bits per heavy atom. The molecule has 12 heteroatoms. The van der Waals surface area contributed by atoms with Crippen LogP contribution in [0.4, 0.5) is 27.2 Å². The standard InChI is InChI=1S/C22H35N7O3S2/c1-15(2)29(16(3)4)21-14-27(5)22(33-21)25-24-17-13-20(32-6)19(28-10-8-23-9-11-28)12-18(17)26-34(7,30)31/h12-16,23H,8-11H2,1-7H3/p+1. The zero-order valence-electron chi connectivity index (χ0n) is 21.0. The average molecular weight is 511 g/mol. The first-order valence-corrected chi connectivity index (χ1v) is 14.1. The second kappa shape index (κ2) is 10.9. The van der Waals surface area contributed by atoms with Crippen LogP contribution in [0.5, 0.6) is 5.75 Å². The molecule has 1 aliphatic rings. The van der Waals surface area contributed by atoms with Crippen LogP contribution in [0.15, 0.2) is 28.6 Å². The van der Waals surface area contributed by atoms with Crippen LogP contribution in [-0.4, -0.2) is 60.0 Å². The number of nitrogens with zero attached hydrogens (tertiary/aromatic N) is 5. The summed E-state index contributed by atoms with van der Waals surface area (Å²) >= 11 is 1.54. The summed E-state index contributed by atoms with van der Waals surface area (Å²) in [4.78, 5) is 4.49. The lowest BCUT2D eigenvalue weighted by Gasteiger charge is -2.31. The number of thiazole rings is 1. The molecule has 1 fully saturated rings. The molecule has 0 aliphatic carbocycles. The molecule has 0 spiro atoms. The fraction of sp³-hybridized carbons (Fsp3) is 0.591. The molecule has 0 unspecified atom stereocenters. The molecular weight excluding hydrogens is 474 g/mol. The SMILES string of the molecule is COc1cc(N=Nc2sc(N(C(C)C)C(C)C)c[n+]2C)c(NS(C)(=O)=O)cc1N1CCNCC1. The van der Waals surface area contributed by atoms with Crippen molar-refractivity contribution in [1.29, 1.82) is 0 Å². The van der Waals surface area contributed by atoms with Crippen LogP contribution in [-0.2, 0) is 17.1 Å². The van der Waals surface area contributed by atoms with Crippen molar-refractivity contribution < 1.29 is 17.7 Å². The second-order valence-electron chi connectivity index (χ2n) is 8.91. The van der Waals surface area contributed by atoms with Gasteiger partial charge >= 0.3 is 5.13 Å². The number of aryl methyl sites for hydroxylation is 1. The van der Waals surface area contributed by atoms with Crippen LogP contribution in [0.3, 0.4) is 0 Å². The van der Waals surface area contributed by atoms with Crippen molar-refractivity contribution in [3.8, 4) is 5.75 Å². The van der Waals surface area contributed by atoms with E-state index < -0.39 is 10.0 Å². The number of sulfonamides is 1. The topological polar surface area (TPSA) is 103 Å². The third-order valence-electron chi connectivity index (χ3n) is 5.46. The van der Waals surface area contributed by atoms with Gasteiger partial charge in [0.25, 0.3) is 0 Å². The van der Waals surface area contributed by atoms with Gasteiger partial charge in [-0.25, -0.2) is 13.0 Å². The van der Waals surface area contributed by atoms with Gasteiger partial charge in [0.15, 0.2) is 0 Å². The summed E-state index contributed by atoms with van der Waals surface area (Å²) in [6.07, 6.45) is 3.17. The minimum atomic E-state index is -3.52. The number of hydrogen-bond acceptors (Lipinski definition) is 9. The lowest BCUT2D eigenvalue weighted by atomic mass is 10.2. The molecule has 1 saturated heterocycles. The molecule has 0 saturated carbocycles. The summed E-state index contributed by atoms with van der Waals surface area (Å²) in [5, 5.41) is 14.0. The minimum absolute atomic E-state index is 0.343. The van der Waals surface area contributed by atoms with Crippen LogP contribution in [0.1, 0.15) is 27.7 Å². The van der Waals surface area contributed by atoms with Crippen LogP contribution in [0.25, 0.3) is 0 Å². The number of benzene rings is 1. The number of nitrogens with one attached hydrogen (secondary N) is 2. The normalized spacial score (nSPS) is 14.9. The van der Waals surface area contributed by atoms with Gasteiger partial charge in [-0.1, -0.05) is 0 Å². The number of hydrogen-bond donors (Lipinski definition) is 2. The highest BCUT2D eigenvalue weighted by Gasteiger charge is 2.24. The van der Waals surface area contributed by atoms with Crippen molar-refractivity contribution in [3.63, 3.8) is 0 Å². The summed E-state index contributed by atoms with van der Waals surface area (Å²) in [6.45, 7) is 11.9. The van der Waals surface area contributed by atoms with E-state index in [1.807, 2.05) is 17.8 Å². The first kappa shape index (κ1) is 26.2. The third kappa shape index (κ3) is 6.36. The van der Waals surface area contributed by atoms with Gasteiger partial charge in [0.2, 0.25) is 10.0 Å². The van der Waals surface area contributed by atoms with E-state index in [2.05, 4.69) is 57.8 Å². The lowest BCUT2D eigenvalue weighted by Crippen LogP contribution is -2.43. The lowest BCUT2D eigenvalue weighted by molar-refractivity contribution is -0.653. The van der Waals surface area contributed by atoms with E-state index in [9.17, 15) is 8.42 Å². The van der Waals surface area contributed by atoms with Crippen molar-refractivity contribution in [3.05, 3.63) is 18.3 Å². The Morgan fingerprint density at radius 2 is 1.82 bits per heavy atom. The predicted molar refractivity (Wildman–Crippen MR) is 139 cm³/mol. The van der Waals surface area contributed by atoms with Gasteiger partial charge in [0.05, 0.1) is 36.9 Å². The molecule has 2 heterocycles.